The average Bonchev–Trinajstić information content (AvgIpc) is 2.49. The summed E-state index contributed by atoms with van der Waals surface area (Å²) in [6.07, 6.45) is -0.297. The Bertz CT molecular complexity index is 428. The predicted octanol–water partition coefficient (Wildman–Crippen LogP) is 2.58. The molecule has 1 saturated heterocycles. The quantitative estimate of drug-likeness (QED) is 0.795. The molecule has 0 aromatic carbocycles. The molecular formula is C19H37N3O3. The molecule has 6 heteroatoms. The van der Waals surface area contributed by atoms with Crippen molar-refractivity contribution in [2.75, 3.05) is 39.3 Å². The molecule has 1 heterocycles. The van der Waals surface area contributed by atoms with Crippen LogP contribution in [0.1, 0.15) is 48.5 Å². The molecule has 146 valence electrons. The second kappa shape index (κ2) is 9.41. The van der Waals surface area contributed by atoms with Crippen LogP contribution >= 0.6 is 0 Å². The number of amides is 2. The minimum atomic E-state index is -0.489. The summed E-state index contributed by atoms with van der Waals surface area (Å²) in [5, 5.41) is 3.31. The van der Waals surface area contributed by atoms with E-state index in [1.165, 1.54) is 0 Å². The maximum atomic E-state index is 12.4. The van der Waals surface area contributed by atoms with Gasteiger partial charge in [-0.2, -0.15) is 0 Å². The second-order valence-corrected chi connectivity index (χ2v) is 8.63. The Morgan fingerprint density at radius 1 is 0.960 bits per heavy atom. The van der Waals surface area contributed by atoms with Crippen LogP contribution in [0.15, 0.2) is 0 Å². The SMILES string of the molecule is CC(C)C(CNCC(=O)N1CCN(C(=O)OC(C)(C)C)CC1)C(C)C. The van der Waals surface area contributed by atoms with Crippen LogP contribution in [0.3, 0.4) is 0 Å². The van der Waals surface area contributed by atoms with Gasteiger partial charge >= 0.3 is 6.09 Å². The maximum absolute atomic E-state index is 12.4. The highest BCUT2D eigenvalue weighted by Crippen LogP contribution is 2.19. The summed E-state index contributed by atoms with van der Waals surface area (Å²) in [5.74, 6) is 1.87. The number of rotatable bonds is 6. The Morgan fingerprint density at radius 2 is 1.44 bits per heavy atom. The van der Waals surface area contributed by atoms with Crippen molar-refractivity contribution in [2.24, 2.45) is 17.8 Å². The first-order valence-corrected chi connectivity index (χ1v) is 9.47. The summed E-state index contributed by atoms with van der Waals surface area (Å²) in [7, 11) is 0. The molecule has 1 N–H and O–H groups in total. The van der Waals surface area contributed by atoms with Gasteiger partial charge in [0.1, 0.15) is 5.60 Å². The fraction of sp³-hybridized carbons (Fsp3) is 0.895. The van der Waals surface area contributed by atoms with Gasteiger partial charge in [0.05, 0.1) is 6.54 Å². The zero-order chi connectivity index (χ0) is 19.2. The molecule has 1 rings (SSSR count). The highest BCUT2D eigenvalue weighted by Gasteiger charge is 2.27. The third kappa shape index (κ3) is 7.63. The van der Waals surface area contributed by atoms with Crippen LogP contribution in [0.5, 0.6) is 0 Å². The normalized spacial score (nSPS) is 16.1. The van der Waals surface area contributed by atoms with Crippen molar-refractivity contribution in [2.45, 2.75) is 54.1 Å². The highest BCUT2D eigenvalue weighted by molar-refractivity contribution is 5.78. The lowest BCUT2D eigenvalue weighted by atomic mass is 9.85. The standard InChI is InChI=1S/C19H37N3O3/c1-14(2)16(15(3)4)12-20-13-17(23)21-8-10-22(11-9-21)18(24)25-19(5,6)7/h14-16,20H,8-13H2,1-7H3. The van der Waals surface area contributed by atoms with E-state index in [1.807, 2.05) is 25.7 Å². The largest absolute Gasteiger partial charge is 0.444 e. The first-order valence-electron chi connectivity index (χ1n) is 9.47. The third-order valence-electron chi connectivity index (χ3n) is 4.65. The van der Waals surface area contributed by atoms with E-state index in [-0.39, 0.29) is 12.0 Å². The summed E-state index contributed by atoms with van der Waals surface area (Å²) < 4.78 is 5.38. The Kier molecular flexibility index (Phi) is 8.19. The van der Waals surface area contributed by atoms with E-state index >= 15 is 0 Å². The zero-order valence-electron chi connectivity index (χ0n) is 17.1. The van der Waals surface area contributed by atoms with E-state index in [9.17, 15) is 9.59 Å². The lowest BCUT2D eigenvalue weighted by molar-refractivity contribution is -0.132. The molecule has 1 aliphatic heterocycles. The van der Waals surface area contributed by atoms with Crippen molar-refractivity contribution >= 4 is 12.0 Å². The molecule has 0 unspecified atom stereocenters. The van der Waals surface area contributed by atoms with Gasteiger partial charge in [0.25, 0.3) is 0 Å². The molecule has 0 spiro atoms. The molecule has 0 aromatic heterocycles. The van der Waals surface area contributed by atoms with Gasteiger partial charge in [0.2, 0.25) is 5.91 Å². The van der Waals surface area contributed by atoms with Crippen molar-refractivity contribution in [1.29, 1.82) is 0 Å². The van der Waals surface area contributed by atoms with E-state index in [2.05, 4.69) is 33.0 Å². The molecule has 0 atom stereocenters. The van der Waals surface area contributed by atoms with Crippen molar-refractivity contribution in [3.05, 3.63) is 0 Å². The molecule has 0 bridgehead atoms. The molecule has 1 fully saturated rings. The van der Waals surface area contributed by atoms with E-state index in [4.69, 9.17) is 4.74 Å². The summed E-state index contributed by atoms with van der Waals surface area (Å²) in [6.45, 7) is 17.9. The fourth-order valence-electron chi connectivity index (χ4n) is 3.16. The molecule has 0 aliphatic carbocycles. The average molecular weight is 356 g/mol. The Hall–Kier alpha value is -1.30. The lowest BCUT2D eigenvalue weighted by Crippen LogP contribution is -2.53. The van der Waals surface area contributed by atoms with Crippen molar-refractivity contribution in [3.63, 3.8) is 0 Å². The predicted molar refractivity (Wildman–Crippen MR) is 100 cm³/mol. The molecule has 0 radical (unpaired) electrons. The number of piperazine rings is 1. The van der Waals surface area contributed by atoms with Crippen LogP contribution in [0.25, 0.3) is 0 Å². The Labute approximate surface area is 153 Å². The van der Waals surface area contributed by atoms with Gasteiger partial charge in [0.15, 0.2) is 0 Å². The van der Waals surface area contributed by atoms with Crippen molar-refractivity contribution in [3.8, 4) is 0 Å². The first kappa shape index (κ1) is 21.7. The van der Waals surface area contributed by atoms with Crippen LogP contribution in [0.2, 0.25) is 0 Å². The number of ether oxygens (including phenoxy) is 1. The van der Waals surface area contributed by atoms with Crippen LogP contribution < -0.4 is 5.32 Å². The van der Waals surface area contributed by atoms with Crippen molar-refractivity contribution < 1.29 is 14.3 Å². The summed E-state index contributed by atoms with van der Waals surface area (Å²) >= 11 is 0. The van der Waals surface area contributed by atoms with Gasteiger partial charge < -0.3 is 19.9 Å². The summed E-state index contributed by atoms with van der Waals surface area (Å²) in [4.78, 5) is 27.9. The monoisotopic (exact) mass is 355 g/mol. The van der Waals surface area contributed by atoms with Crippen LogP contribution in [0.4, 0.5) is 4.79 Å². The third-order valence-corrected chi connectivity index (χ3v) is 4.65. The molecule has 0 saturated carbocycles. The Morgan fingerprint density at radius 3 is 1.88 bits per heavy atom. The van der Waals surface area contributed by atoms with Gasteiger partial charge in [-0.05, 0) is 45.1 Å². The minimum Gasteiger partial charge on any atom is -0.444 e. The van der Waals surface area contributed by atoms with Crippen LogP contribution in [-0.4, -0.2) is 66.7 Å². The van der Waals surface area contributed by atoms with Gasteiger partial charge in [0, 0.05) is 26.2 Å². The molecular weight excluding hydrogens is 318 g/mol. The molecule has 6 nitrogen and oxygen atoms in total. The maximum Gasteiger partial charge on any atom is 0.410 e. The van der Waals surface area contributed by atoms with Crippen molar-refractivity contribution in [1.82, 2.24) is 15.1 Å². The van der Waals surface area contributed by atoms with Gasteiger partial charge in [-0.3, -0.25) is 4.79 Å². The minimum absolute atomic E-state index is 0.107. The van der Waals surface area contributed by atoms with E-state index in [0.717, 1.165) is 6.54 Å². The number of nitrogens with one attached hydrogen (secondary N) is 1. The smallest absolute Gasteiger partial charge is 0.410 e. The number of carbonyl (C=O) groups is 2. The number of hydrogen-bond acceptors (Lipinski definition) is 4. The van der Waals surface area contributed by atoms with E-state index < -0.39 is 5.60 Å². The van der Waals surface area contributed by atoms with Gasteiger partial charge in [-0.25, -0.2) is 4.79 Å². The number of nitrogens with zero attached hydrogens (tertiary/aromatic N) is 2. The summed E-state index contributed by atoms with van der Waals surface area (Å²) in [6, 6.07) is 0. The second-order valence-electron chi connectivity index (χ2n) is 8.63. The van der Waals surface area contributed by atoms with Gasteiger partial charge in [-0.1, -0.05) is 27.7 Å². The lowest BCUT2D eigenvalue weighted by Gasteiger charge is -2.35. The zero-order valence-corrected chi connectivity index (χ0v) is 17.1. The molecule has 2 amide bonds. The van der Waals surface area contributed by atoms with Crippen LogP contribution in [0, 0.1) is 17.8 Å². The topological polar surface area (TPSA) is 61.9 Å². The first-order chi connectivity index (χ1) is 11.5. The van der Waals surface area contributed by atoms with Gasteiger partial charge in [-0.15, -0.1) is 0 Å². The molecule has 25 heavy (non-hydrogen) atoms. The van der Waals surface area contributed by atoms with Crippen LogP contribution in [-0.2, 0) is 9.53 Å². The fourth-order valence-corrected chi connectivity index (χ4v) is 3.16. The summed E-state index contributed by atoms with van der Waals surface area (Å²) in [5.41, 5.74) is -0.489. The number of carbonyl (C=O) groups excluding carboxylic acids is 2. The molecule has 0 aromatic rings. The van der Waals surface area contributed by atoms with E-state index in [1.54, 1.807) is 4.90 Å². The Balaban J connectivity index is 2.35. The molecule has 1 aliphatic rings. The number of hydrogen-bond donors (Lipinski definition) is 1. The van der Waals surface area contributed by atoms with E-state index in [0.29, 0.717) is 50.5 Å². The highest BCUT2D eigenvalue weighted by atomic mass is 16.6.